The van der Waals surface area contributed by atoms with Crippen molar-refractivity contribution in [2.75, 3.05) is 25.1 Å². The maximum atomic E-state index is 12.6. The lowest BCUT2D eigenvalue weighted by molar-refractivity contribution is -0.117. The molecule has 7 nitrogen and oxygen atoms in total. The zero-order chi connectivity index (χ0) is 19.2. The molecule has 1 unspecified atom stereocenters. The molecule has 27 heavy (non-hydrogen) atoms. The zero-order valence-corrected chi connectivity index (χ0v) is 15.6. The highest BCUT2D eigenvalue weighted by atomic mass is 16.5. The van der Waals surface area contributed by atoms with Crippen molar-refractivity contribution < 1.29 is 14.3 Å². The first-order valence-electron chi connectivity index (χ1n) is 8.99. The summed E-state index contributed by atoms with van der Waals surface area (Å²) >= 11 is 0. The summed E-state index contributed by atoms with van der Waals surface area (Å²) in [4.78, 5) is 32.4. The number of hydrogen-bond acceptors (Lipinski definition) is 4. The molecule has 3 rings (SSSR count). The molecule has 0 saturated carbocycles. The molecule has 1 aromatic heterocycles. The van der Waals surface area contributed by atoms with Crippen molar-refractivity contribution in [3.05, 3.63) is 54.4 Å². The minimum absolute atomic E-state index is 0.00245. The summed E-state index contributed by atoms with van der Waals surface area (Å²) in [5.74, 6) is 0.743. The average molecular weight is 368 g/mol. The van der Waals surface area contributed by atoms with E-state index in [4.69, 9.17) is 4.74 Å². The molecule has 2 aromatic rings. The second kappa shape index (κ2) is 8.53. The predicted octanol–water partition coefficient (Wildman–Crippen LogP) is 2.43. The van der Waals surface area contributed by atoms with E-state index < -0.39 is 0 Å². The van der Waals surface area contributed by atoms with Gasteiger partial charge in [0.2, 0.25) is 5.91 Å². The first-order chi connectivity index (χ1) is 13.1. The first-order valence-corrected chi connectivity index (χ1v) is 8.99. The summed E-state index contributed by atoms with van der Waals surface area (Å²) in [6, 6.07) is 10.7. The van der Waals surface area contributed by atoms with E-state index in [1.54, 1.807) is 29.3 Å². The zero-order valence-electron chi connectivity index (χ0n) is 15.6. The van der Waals surface area contributed by atoms with E-state index in [2.05, 4.69) is 10.3 Å². The first kappa shape index (κ1) is 18.7. The van der Waals surface area contributed by atoms with Crippen molar-refractivity contribution in [2.45, 2.75) is 25.9 Å². The Morgan fingerprint density at radius 1 is 1.26 bits per heavy atom. The van der Waals surface area contributed by atoms with Gasteiger partial charge in [0.05, 0.1) is 13.2 Å². The number of nitrogens with zero attached hydrogens (tertiary/aromatic N) is 3. The molecule has 0 radical (unpaired) electrons. The van der Waals surface area contributed by atoms with E-state index in [1.165, 1.54) is 0 Å². The van der Waals surface area contributed by atoms with E-state index in [-0.39, 0.29) is 18.0 Å². The van der Waals surface area contributed by atoms with Gasteiger partial charge in [-0.2, -0.15) is 0 Å². The fourth-order valence-electron chi connectivity index (χ4n) is 3.12. The molecular formula is C20H24N4O3. The monoisotopic (exact) mass is 368 g/mol. The highest BCUT2D eigenvalue weighted by Crippen LogP contribution is 2.24. The summed E-state index contributed by atoms with van der Waals surface area (Å²) in [7, 11) is 1.60. The van der Waals surface area contributed by atoms with Crippen molar-refractivity contribution in [3.8, 4) is 5.75 Å². The van der Waals surface area contributed by atoms with E-state index in [9.17, 15) is 9.59 Å². The number of methoxy groups -OCH3 is 1. The molecule has 1 saturated heterocycles. The van der Waals surface area contributed by atoms with Gasteiger partial charge in [-0.3, -0.25) is 9.78 Å². The molecule has 0 bridgehead atoms. The lowest BCUT2D eigenvalue weighted by Crippen LogP contribution is -2.45. The molecule has 3 amide bonds. The number of hydrogen-bond donors (Lipinski definition) is 1. The lowest BCUT2D eigenvalue weighted by Gasteiger charge is -2.24. The van der Waals surface area contributed by atoms with Gasteiger partial charge in [0.1, 0.15) is 5.75 Å². The Balaban J connectivity index is 1.60. The number of benzene rings is 1. The molecule has 1 aliphatic rings. The van der Waals surface area contributed by atoms with Crippen LogP contribution < -0.4 is 15.0 Å². The van der Waals surface area contributed by atoms with Gasteiger partial charge in [-0.15, -0.1) is 0 Å². The average Bonchev–Trinajstić information content (AvgIpc) is 3.06. The van der Waals surface area contributed by atoms with Crippen LogP contribution in [0.1, 0.15) is 18.9 Å². The van der Waals surface area contributed by atoms with Gasteiger partial charge in [-0.25, -0.2) is 4.79 Å². The number of urea groups is 1. The highest BCUT2D eigenvalue weighted by molar-refractivity contribution is 5.96. The molecule has 0 spiro atoms. The summed E-state index contributed by atoms with van der Waals surface area (Å²) in [5.41, 5.74) is 1.83. The Hall–Kier alpha value is -3.09. The Labute approximate surface area is 158 Å². The van der Waals surface area contributed by atoms with Crippen molar-refractivity contribution in [1.29, 1.82) is 0 Å². The standard InChI is InChI=1S/C20H24N4O3/c1-3-23(13-15-8-10-21-11-9-15)20(26)22-16-12-19(25)24(14-16)17-4-6-18(27-2)7-5-17/h4-11,16H,3,12-14H2,1-2H3,(H,22,26). The van der Waals surface area contributed by atoms with E-state index in [0.29, 0.717) is 26.1 Å². The number of amides is 3. The Morgan fingerprint density at radius 2 is 1.96 bits per heavy atom. The van der Waals surface area contributed by atoms with Crippen LogP contribution in [0.25, 0.3) is 0 Å². The number of ether oxygens (including phenoxy) is 1. The van der Waals surface area contributed by atoms with Gasteiger partial charge in [-0.1, -0.05) is 0 Å². The van der Waals surface area contributed by atoms with E-state index >= 15 is 0 Å². The molecule has 0 aliphatic carbocycles. The van der Waals surface area contributed by atoms with Gasteiger partial charge in [0.25, 0.3) is 0 Å². The predicted molar refractivity (Wildman–Crippen MR) is 103 cm³/mol. The van der Waals surface area contributed by atoms with Gasteiger partial charge < -0.3 is 19.9 Å². The van der Waals surface area contributed by atoms with Crippen molar-refractivity contribution >= 4 is 17.6 Å². The second-order valence-electron chi connectivity index (χ2n) is 6.42. The number of carbonyl (C=O) groups is 2. The summed E-state index contributed by atoms with van der Waals surface area (Å²) in [6.07, 6.45) is 3.72. The van der Waals surface area contributed by atoms with Gasteiger partial charge in [-0.05, 0) is 48.9 Å². The van der Waals surface area contributed by atoms with E-state index in [1.807, 2.05) is 43.3 Å². The maximum absolute atomic E-state index is 12.6. The van der Waals surface area contributed by atoms with Crippen LogP contribution in [0.4, 0.5) is 10.5 Å². The number of pyridine rings is 1. The molecule has 1 N–H and O–H groups in total. The second-order valence-corrected chi connectivity index (χ2v) is 6.42. The lowest BCUT2D eigenvalue weighted by atomic mass is 10.2. The van der Waals surface area contributed by atoms with Crippen LogP contribution in [-0.4, -0.2) is 48.1 Å². The number of anilines is 1. The number of rotatable bonds is 6. The Kier molecular flexibility index (Phi) is 5.90. The molecule has 1 atom stereocenters. The Morgan fingerprint density at radius 3 is 2.59 bits per heavy atom. The van der Waals surface area contributed by atoms with Crippen LogP contribution in [0.15, 0.2) is 48.8 Å². The normalized spacial score (nSPS) is 16.3. The number of nitrogens with one attached hydrogen (secondary N) is 1. The molecule has 142 valence electrons. The Bertz CT molecular complexity index is 780. The SMILES string of the molecule is CCN(Cc1ccncc1)C(=O)NC1CC(=O)N(c2ccc(OC)cc2)C1. The van der Waals surface area contributed by atoms with Crippen LogP contribution >= 0.6 is 0 Å². The molecule has 1 aliphatic heterocycles. The molecule has 1 aromatic carbocycles. The minimum Gasteiger partial charge on any atom is -0.497 e. The van der Waals surface area contributed by atoms with Gasteiger partial charge >= 0.3 is 6.03 Å². The quantitative estimate of drug-likeness (QED) is 0.850. The van der Waals surface area contributed by atoms with Crippen LogP contribution in [-0.2, 0) is 11.3 Å². The van der Waals surface area contributed by atoms with Crippen LogP contribution in [0.2, 0.25) is 0 Å². The van der Waals surface area contributed by atoms with Crippen molar-refractivity contribution in [1.82, 2.24) is 15.2 Å². The largest absolute Gasteiger partial charge is 0.497 e. The third-order valence-corrected chi connectivity index (χ3v) is 4.63. The molecule has 7 heteroatoms. The van der Waals surface area contributed by atoms with Crippen LogP contribution in [0.3, 0.4) is 0 Å². The molecule has 1 fully saturated rings. The van der Waals surface area contributed by atoms with Crippen molar-refractivity contribution in [3.63, 3.8) is 0 Å². The smallest absolute Gasteiger partial charge is 0.317 e. The van der Waals surface area contributed by atoms with Gasteiger partial charge in [0, 0.05) is 44.1 Å². The van der Waals surface area contributed by atoms with E-state index in [0.717, 1.165) is 17.0 Å². The molecular weight excluding hydrogens is 344 g/mol. The summed E-state index contributed by atoms with van der Waals surface area (Å²) < 4.78 is 5.15. The third kappa shape index (κ3) is 4.55. The highest BCUT2D eigenvalue weighted by Gasteiger charge is 2.32. The number of aromatic nitrogens is 1. The summed E-state index contributed by atoms with van der Waals surface area (Å²) in [5, 5.41) is 2.99. The van der Waals surface area contributed by atoms with Crippen LogP contribution in [0.5, 0.6) is 5.75 Å². The van der Waals surface area contributed by atoms with Crippen LogP contribution in [0, 0.1) is 0 Å². The van der Waals surface area contributed by atoms with Crippen molar-refractivity contribution in [2.24, 2.45) is 0 Å². The summed E-state index contributed by atoms with van der Waals surface area (Å²) in [6.45, 7) is 3.48. The number of carbonyl (C=O) groups excluding carboxylic acids is 2. The maximum Gasteiger partial charge on any atom is 0.317 e. The minimum atomic E-state index is -0.210. The fraction of sp³-hybridized carbons (Fsp3) is 0.350. The fourth-order valence-corrected chi connectivity index (χ4v) is 3.12. The van der Waals surface area contributed by atoms with Gasteiger partial charge in [0.15, 0.2) is 0 Å². The molecule has 2 heterocycles. The topological polar surface area (TPSA) is 74.8 Å². The third-order valence-electron chi connectivity index (χ3n) is 4.63.